The van der Waals surface area contributed by atoms with E-state index in [-0.39, 0.29) is 5.41 Å². The fourth-order valence-corrected chi connectivity index (χ4v) is 9.53. The second-order valence-corrected chi connectivity index (χ2v) is 15.2. The van der Waals surface area contributed by atoms with Crippen LogP contribution in [0.5, 0.6) is 0 Å². The Morgan fingerprint density at radius 1 is 0.264 bits per heavy atom. The largest absolute Gasteiger partial charge is 0.0619 e. The van der Waals surface area contributed by atoms with Crippen molar-refractivity contribution in [3.05, 3.63) is 193 Å². The van der Waals surface area contributed by atoms with Gasteiger partial charge >= 0.3 is 0 Å². The van der Waals surface area contributed by atoms with E-state index in [1.165, 1.54) is 109 Å². The Bertz CT molecular complexity index is 3140. The maximum Gasteiger partial charge on any atom is 0.0159 e. The van der Waals surface area contributed by atoms with Crippen LogP contribution in [-0.4, -0.2) is 0 Å². The van der Waals surface area contributed by atoms with Crippen molar-refractivity contribution < 1.29 is 0 Å². The molecule has 0 fully saturated rings. The molecule has 11 rings (SSSR count). The molecule has 0 amide bonds. The third-order valence-corrected chi connectivity index (χ3v) is 12.1. The molecule has 0 atom stereocenters. The molecule has 10 aromatic rings. The quantitative estimate of drug-likeness (QED) is 0.164. The van der Waals surface area contributed by atoms with Crippen LogP contribution in [0.2, 0.25) is 0 Å². The first kappa shape index (κ1) is 30.2. The Balaban J connectivity index is 1.09. The summed E-state index contributed by atoms with van der Waals surface area (Å²) in [4.78, 5) is 0. The summed E-state index contributed by atoms with van der Waals surface area (Å²) in [5.41, 5.74) is 13.0. The Hall–Kier alpha value is -6.50. The summed E-state index contributed by atoms with van der Waals surface area (Å²) >= 11 is 0. The highest BCUT2D eigenvalue weighted by atomic mass is 14.4. The zero-order chi connectivity index (χ0) is 35.3. The number of hydrogen-bond donors (Lipinski definition) is 0. The van der Waals surface area contributed by atoms with E-state index in [1.807, 2.05) is 0 Å². The van der Waals surface area contributed by atoms with Crippen molar-refractivity contribution in [3.8, 4) is 44.5 Å². The van der Waals surface area contributed by atoms with Gasteiger partial charge in [0.05, 0.1) is 0 Å². The van der Waals surface area contributed by atoms with E-state index in [2.05, 4.69) is 196 Å². The van der Waals surface area contributed by atoms with Crippen molar-refractivity contribution >= 4 is 53.9 Å². The first-order valence-corrected chi connectivity index (χ1v) is 18.7. The van der Waals surface area contributed by atoms with Gasteiger partial charge in [0.1, 0.15) is 0 Å². The Morgan fingerprint density at radius 3 is 1.36 bits per heavy atom. The second kappa shape index (κ2) is 11.2. The van der Waals surface area contributed by atoms with Crippen molar-refractivity contribution in [2.45, 2.75) is 19.3 Å². The molecule has 0 saturated carbocycles. The molecule has 53 heavy (non-hydrogen) atoms. The molecule has 0 heteroatoms. The maximum atomic E-state index is 2.44. The number of fused-ring (bicyclic) bond motifs is 12. The predicted octanol–water partition coefficient (Wildman–Crippen LogP) is 14.8. The van der Waals surface area contributed by atoms with E-state index < -0.39 is 0 Å². The third kappa shape index (κ3) is 4.36. The molecule has 0 aliphatic heterocycles. The highest BCUT2D eigenvalue weighted by molar-refractivity contribution is 6.33. The molecule has 0 saturated heterocycles. The van der Waals surface area contributed by atoms with Crippen molar-refractivity contribution in [1.82, 2.24) is 0 Å². The molecule has 0 spiro atoms. The van der Waals surface area contributed by atoms with E-state index in [0.717, 1.165) is 0 Å². The number of rotatable bonds is 3. The molecule has 0 bridgehead atoms. The van der Waals surface area contributed by atoms with Gasteiger partial charge in [0.2, 0.25) is 0 Å². The fraction of sp³-hybridized carbons (Fsp3) is 0.0566. The van der Waals surface area contributed by atoms with Crippen LogP contribution in [0.4, 0.5) is 0 Å². The predicted molar refractivity (Wildman–Crippen MR) is 228 cm³/mol. The first-order chi connectivity index (χ1) is 26.1. The molecule has 248 valence electrons. The first-order valence-electron chi connectivity index (χ1n) is 18.7. The molecule has 1 aliphatic carbocycles. The van der Waals surface area contributed by atoms with Crippen molar-refractivity contribution in [3.63, 3.8) is 0 Å². The molecule has 0 N–H and O–H groups in total. The van der Waals surface area contributed by atoms with Crippen molar-refractivity contribution in [2.24, 2.45) is 0 Å². The van der Waals surface area contributed by atoms with Crippen LogP contribution in [0, 0.1) is 0 Å². The molecule has 10 aromatic carbocycles. The standard InChI is InChI=1S/C53H36/c1-53(2)50-25-12-11-22-44(50)45-27-26-35(31-51(45)53)37-29-28-36(38-16-3-4-17-39(37)38)33-14-13-15-34(30-33)48-32-49-42-20-6-5-18-40(42)41-19-7-9-23-46(41)52(49)47-24-10-8-21-43(47)48/h3-32H,1-2H3. The fourth-order valence-electron chi connectivity index (χ4n) is 9.53. The van der Waals surface area contributed by atoms with Crippen LogP contribution < -0.4 is 0 Å². The van der Waals surface area contributed by atoms with E-state index in [0.29, 0.717) is 0 Å². The zero-order valence-corrected chi connectivity index (χ0v) is 29.8. The van der Waals surface area contributed by atoms with Gasteiger partial charge in [0.15, 0.2) is 0 Å². The minimum absolute atomic E-state index is 0.0373. The SMILES string of the molecule is CC1(C)c2ccccc2-c2ccc(-c3ccc(-c4cccc(-c5cc6c7ccccc7c7ccccc7c6c6ccccc56)c4)c4ccccc34)cc21. The summed E-state index contributed by atoms with van der Waals surface area (Å²) in [5, 5.41) is 13.0. The maximum absolute atomic E-state index is 2.44. The Kier molecular flexibility index (Phi) is 6.40. The topological polar surface area (TPSA) is 0 Å². The van der Waals surface area contributed by atoms with Crippen molar-refractivity contribution in [2.75, 3.05) is 0 Å². The minimum atomic E-state index is -0.0373. The van der Waals surface area contributed by atoms with Crippen LogP contribution in [0.25, 0.3) is 98.4 Å². The highest BCUT2D eigenvalue weighted by Gasteiger charge is 2.35. The smallest absolute Gasteiger partial charge is 0.0159 e. The van der Waals surface area contributed by atoms with E-state index >= 15 is 0 Å². The van der Waals surface area contributed by atoms with E-state index in [9.17, 15) is 0 Å². The summed E-state index contributed by atoms with van der Waals surface area (Å²) < 4.78 is 0. The van der Waals surface area contributed by atoms with Gasteiger partial charge in [-0.15, -0.1) is 0 Å². The number of benzene rings is 10. The average molecular weight is 673 g/mol. The van der Waals surface area contributed by atoms with Crippen LogP contribution in [-0.2, 0) is 5.41 Å². The van der Waals surface area contributed by atoms with Crippen LogP contribution in [0.1, 0.15) is 25.0 Å². The van der Waals surface area contributed by atoms with Gasteiger partial charge in [-0.1, -0.05) is 178 Å². The summed E-state index contributed by atoms with van der Waals surface area (Å²) in [5.74, 6) is 0. The average Bonchev–Trinajstić information content (AvgIpc) is 3.45. The van der Waals surface area contributed by atoms with E-state index in [4.69, 9.17) is 0 Å². The van der Waals surface area contributed by atoms with Crippen LogP contribution in [0.15, 0.2) is 182 Å². The second-order valence-electron chi connectivity index (χ2n) is 15.2. The lowest BCUT2D eigenvalue weighted by atomic mass is 9.81. The lowest BCUT2D eigenvalue weighted by Crippen LogP contribution is -2.14. The molecule has 0 radical (unpaired) electrons. The monoisotopic (exact) mass is 672 g/mol. The van der Waals surface area contributed by atoms with Gasteiger partial charge in [-0.25, -0.2) is 0 Å². The Labute approximate surface area is 309 Å². The van der Waals surface area contributed by atoms with Crippen molar-refractivity contribution in [1.29, 1.82) is 0 Å². The lowest BCUT2D eigenvalue weighted by molar-refractivity contribution is 0.660. The lowest BCUT2D eigenvalue weighted by Gasteiger charge is -2.22. The van der Waals surface area contributed by atoms with Crippen LogP contribution in [0.3, 0.4) is 0 Å². The third-order valence-electron chi connectivity index (χ3n) is 12.1. The van der Waals surface area contributed by atoms with Crippen LogP contribution >= 0.6 is 0 Å². The molecule has 1 aliphatic rings. The number of hydrogen-bond acceptors (Lipinski definition) is 0. The summed E-state index contributed by atoms with van der Waals surface area (Å²) in [6.45, 7) is 4.72. The van der Waals surface area contributed by atoms with Gasteiger partial charge < -0.3 is 0 Å². The molecule has 0 unspecified atom stereocenters. The summed E-state index contributed by atoms with van der Waals surface area (Å²) in [6.07, 6.45) is 0. The van der Waals surface area contributed by atoms with Gasteiger partial charge in [-0.2, -0.15) is 0 Å². The molecule has 0 aromatic heterocycles. The summed E-state index contributed by atoms with van der Waals surface area (Å²) in [7, 11) is 0. The molecule has 0 nitrogen and oxygen atoms in total. The minimum Gasteiger partial charge on any atom is -0.0619 e. The van der Waals surface area contributed by atoms with Gasteiger partial charge in [0.25, 0.3) is 0 Å². The Morgan fingerprint density at radius 2 is 0.698 bits per heavy atom. The highest BCUT2D eigenvalue weighted by Crippen LogP contribution is 2.50. The molecular weight excluding hydrogens is 637 g/mol. The van der Waals surface area contributed by atoms with Gasteiger partial charge in [0, 0.05) is 5.41 Å². The normalized spacial score (nSPS) is 13.2. The zero-order valence-electron chi connectivity index (χ0n) is 29.8. The van der Waals surface area contributed by atoms with Gasteiger partial charge in [-0.3, -0.25) is 0 Å². The van der Waals surface area contributed by atoms with Gasteiger partial charge in [-0.05, 0) is 128 Å². The summed E-state index contributed by atoms with van der Waals surface area (Å²) in [6, 6.07) is 67.9. The molecular formula is C53H36. The molecule has 0 heterocycles. The van der Waals surface area contributed by atoms with E-state index in [1.54, 1.807) is 0 Å².